The Balaban J connectivity index is 1.75. The van der Waals surface area contributed by atoms with Crippen LogP contribution in [-0.2, 0) is 26.2 Å². The zero-order chi connectivity index (χ0) is 30.6. The van der Waals surface area contributed by atoms with Crippen molar-refractivity contribution in [2.45, 2.75) is 70.0 Å². The molecule has 1 saturated carbocycles. The van der Waals surface area contributed by atoms with Crippen LogP contribution >= 0.6 is 34.8 Å². The van der Waals surface area contributed by atoms with Crippen LogP contribution in [0, 0.1) is 13.8 Å². The molecule has 2 amide bonds. The number of nitrogens with zero attached hydrogens (tertiary/aromatic N) is 2. The van der Waals surface area contributed by atoms with Gasteiger partial charge in [0.2, 0.25) is 11.8 Å². The van der Waals surface area contributed by atoms with E-state index in [-0.39, 0.29) is 29.1 Å². The molecule has 1 fully saturated rings. The number of carbonyl (C=O) groups excluding carboxylic acids is 2. The number of halogens is 3. The van der Waals surface area contributed by atoms with Gasteiger partial charge in [-0.15, -0.1) is 0 Å². The molecule has 3 aromatic carbocycles. The number of sulfonamides is 1. The third kappa shape index (κ3) is 7.22. The van der Waals surface area contributed by atoms with E-state index in [9.17, 15) is 18.0 Å². The van der Waals surface area contributed by atoms with Crippen molar-refractivity contribution in [3.63, 3.8) is 0 Å². The number of hydrogen-bond donors (Lipinski definition) is 1. The standard InChI is InChI=1S/C31H34Cl3N3O4S/c1-20-14-16-24(17-15-20)42(40,41)37(29-13-7-10-26(32)21(29)2)19-30(38)36(18-25-27(33)11-6-12-28(25)34)22(3)31(39)35-23-8-4-5-9-23/h6-7,10-17,22-23H,4-5,8-9,18-19H2,1-3H3,(H,35,39)/t22-/m0/s1. The summed E-state index contributed by atoms with van der Waals surface area (Å²) in [5.74, 6) is -0.930. The van der Waals surface area contributed by atoms with Crippen molar-refractivity contribution >= 4 is 62.3 Å². The van der Waals surface area contributed by atoms with E-state index in [0.29, 0.717) is 26.2 Å². The molecular weight excluding hydrogens is 617 g/mol. The molecule has 224 valence electrons. The van der Waals surface area contributed by atoms with Crippen LogP contribution in [0.1, 0.15) is 49.3 Å². The largest absolute Gasteiger partial charge is 0.352 e. The minimum Gasteiger partial charge on any atom is -0.352 e. The molecule has 0 aromatic heterocycles. The summed E-state index contributed by atoms with van der Waals surface area (Å²) in [7, 11) is -4.22. The molecular formula is C31H34Cl3N3O4S. The van der Waals surface area contributed by atoms with E-state index in [1.807, 2.05) is 6.92 Å². The number of benzene rings is 3. The summed E-state index contributed by atoms with van der Waals surface area (Å²) in [5, 5.41) is 4.06. The first kappa shape index (κ1) is 32.1. The van der Waals surface area contributed by atoms with E-state index in [2.05, 4.69) is 5.32 Å². The number of carbonyl (C=O) groups is 2. The van der Waals surface area contributed by atoms with Gasteiger partial charge in [-0.25, -0.2) is 8.42 Å². The first-order valence-electron chi connectivity index (χ1n) is 13.8. The van der Waals surface area contributed by atoms with Gasteiger partial charge < -0.3 is 10.2 Å². The van der Waals surface area contributed by atoms with Gasteiger partial charge in [-0.05, 0) is 75.6 Å². The number of aryl methyl sites for hydroxylation is 1. The molecule has 0 unspecified atom stereocenters. The maximum Gasteiger partial charge on any atom is 0.264 e. The van der Waals surface area contributed by atoms with Gasteiger partial charge in [0, 0.05) is 33.2 Å². The number of nitrogens with one attached hydrogen (secondary N) is 1. The van der Waals surface area contributed by atoms with Crippen LogP contribution in [0.3, 0.4) is 0 Å². The summed E-state index contributed by atoms with van der Waals surface area (Å²) in [5.41, 5.74) is 2.10. The van der Waals surface area contributed by atoms with Crippen LogP contribution in [0.2, 0.25) is 15.1 Å². The maximum absolute atomic E-state index is 14.2. The monoisotopic (exact) mass is 649 g/mol. The van der Waals surface area contributed by atoms with Crippen LogP contribution in [0.4, 0.5) is 5.69 Å². The quantitative estimate of drug-likeness (QED) is 0.258. The molecule has 0 aliphatic heterocycles. The summed E-state index contributed by atoms with van der Waals surface area (Å²) in [4.78, 5) is 28.9. The fourth-order valence-corrected chi connectivity index (χ4v) is 7.20. The Labute approximate surface area is 262 Å². The second-order valence-corrected chi connectivity index (χ2v) is 13.7. The molecule has 0 radical (unpaired) electrons. The van der Waals surface area contributed by atoms with Crippen molar-refractivity contribution in [1.82, 2.24) is 10.2 Å². The van der Waals surface area contributed by atoms with Crippen molar-refractivity contribution in [1.29, 1.82) is 0 Å². The molecule has 0 spiro atoms. The Morgan fingerprint density at radius 2 is 1.48 bits per heavy atom. The van der Waals surface area contributed by atoms with Gasteiger partial charge in [0.25, 0.3) is 10.0 Å². The van der Waals surface area contributed by atoms with E-state index in [1.165, 1.54) is 17.0 Å². The third-order valence-corrected chi connectivity index (χ3v) is 10.5. The van der Waals surface area contributed by atoms with E-state index in [4.69, 9.17) is 34.8 Å². The number of anilines is 1. The topological polar surface area (TPSA) is 86.8 Å². The number of rotatable bonds is 10. The van der Waals surface area contributed by atoms with Crippen LogP contribution < -0.4 is 9.62 Å². The lowest BCUT2D eigenvalue weighted by Gasteiger charge is -2.33. The highest BCUT2D eigenvalue weighted by molar-refractivity contribution is 7.92. The first-order valence-corrected chi connectivity index (χ1v) is 16.3. The molecule has 0 heterocycles. The molecule has 4 rings (SSSR count). The fraction of sp³-hybridized carbons (Fsp3) is 0.355. The van der Waals surface area contributed by atoms with Gasteiger partial charge in [0.05, 0.1) is 10.6 Å². The smallest absolute Gasteiger partial charge is 0.264 e. The Morgan fingerprint density at radius 3 is 2.10 bits per heavy atom. The molecule has 0 bridgehead atoms. The molecule has 11 heteroatoms. The molecule has 1 atom stereocenters. The van der Waals surface area contributed by atoms with E-state index >= 15 is 0 Å². The average molecular weight is 651 g/mol. The third-order valence-electron chi connectivity index (χ3n) is 7.65. The summed E-state index contributed by atoms with van der Waals surface area (Å²) < 4.78 is 29.2. The molecule has 0 saturated heterocycles. The predicted octanol–water partition coefficient (Wildman–Crippen LogP) is 6.94. The van der Waals surface area contributed by atoms with E-state index in [1.54, 1.807) is 62.4 Å². The molecule has 1 aliphatic rings. The van der Waals surface area contributed by atoms with Gasteiger partial charge in [-0.1, -0.05) is 77.5 Å². The average Bonchev–Trinajstić information content (AvgIpc) is 3.46. The highest BCUT2D eigenvalue weighted by Gasteiger charge is 2.34. The highest BCUT2D eigenvalue weighted by Crippen LogP contribution is 2.32. The summed E-state index contributed by atoms with van der Waals surface area (Å²) in [6, 6.07) is 15.4. The minimum absolute atomic E-state index is 0.0213. The normalized spacial score (nSPS) is 14.4. The SMILES string of the molecule is Cc1ccc(S(=O)(=O)N(CC(=O)N(Cc2c(Cl)cccc2Cl)[C@@H](C)C(=O)NC2CCCC2)c2cccc(Cl)c2C)cc1. The number of hydrogen-bond acceptors (Lipinski definition) is 4. The maximum atomic E-state index is 14.2. The Bertz CT molecular complexity index is 1540. The van der Waals surface area contributed by atoms with Crippen molar-refractivity contribution < 1.29 is 18.0 Å². The summed E-state index contributed by atoms with van der Waals surface area (Å²) in [6.45, 7) is 4.49. The summed E-state index contributed by atoms with van der Waals surface area (Å²) >= 11 is 19.3. The molecule has 3 aromatic rings. The minimum atomic E-state index is -4.22. The van der Waals surface area contributed by atoms with Gasteiger partial charge in [0.15, 0.2) is 0 Å². The van der Waals surface area contributed by atoms with Crippen LogP contribution in [0.25, 0.3) is 0 Å². The number of amides is 2. The Kier molecular flexibility index (Phi) is 10.5. The summed E-state index contributed by atoms with van der Waals surface area (Å²) in [6.07, 6.45) is 3.81. The van der Waals surface area contributed by atoms with Crippen molar-refractivity contribution in [2.75, 3.05) is 10.8 Å². The molecule has 1 N–H and O–H groups in total. The van der Waals surface area contributed by atoms with Crippen LogP contribution in [0.5, 0.6) is 0 Å². The second kappa shape index (κ2) is 13.7. The zero-order valence-electron chi connectivity index (χ0n) is 23.7. The van der Waals surface area contributed by atoms with E-state index in [0.717, 1.165) is 35.6 Å². The zero-order valence-corrected chi connectivity index (χ0v) is 26.8. The van der Waals surface area contributed by atoms with Gasteiger partial charge in [-0.2, -0.15) is 0 Å². The van der Waals surface area contributed by atoms with Crippen molar-refractivity contribution in [2.24, 2.45) is 0 Å². The molecule has 7 nitrogen and oxygen atoms in total. The fourth-order valence-electron chi connectivity index (χ4n) is 5.05. The highest BCUT2D eigenvalue weighted by atomic mass is 35.5. The van der Waals surface area contributed by atoms with Gasteiger partial charge in [-0.3, -0.25) is 13.9 Å². The van der Waals surface area contributed by atoms with Gasteiger partial charge >= 0.3 is 0 Å². The van der Waals surface area contributed by atoms with Crippen molar-refractivity contribution in [3.8, 4) is 0 Å². The van der Waals surface area contributed by atoms with Crippen molar-refractivity contribution in [3.05, 3.63) is 92.4 Å². The Hall–Kier alpha value is -2.78. The Morgan fingerprint density at radius 1 is 0.905 bits per heavy atom. The van der Waals surface area contributed by atoms with Crippen LogP contribution in [-0.4, -0.2) is 43.8 Å². The second-order valence-electron chi connectivity index (χ2n) is 10.6. The lowest BCUT2D eigenvalue weighted by Crippen LogP contribution is -2.52. The van der Waals surface area contributed by atoms with Crippen LogP contribution in [0.15, 0.2) is 65.6 Å². The lowest BCUT2D eigenvalue weighted by molar-refractivity contribution is -0.139. The van der Waals surface area contributed by atoms with Gasteiger partial charge in [0.1, 0.15) is 12.6 Å². The molecule has 42 heavy (non-hydrogen) atoms. The lowest BCUT2D eigenvalue weighted by atomic mass is 10.1. The first-order chi connectivity index (χ1) is 19.9. The molecule has 1 aliphatic carbocycles. The van der Waals surface area contributed by atoms with E-state index < -0.39 is 28.5 Å². The predicted molar refractivity (Wildman–Crippen MR) is 169 cm³/mol.